The Morgan fingerprint density at radius 1 is 1.41 bits per heavy atom. The monoisotopic (exact) mass is 324 g/mol. The molecule has 118 valence electrons. The molecule has 0 aliphatic heterocycles. The lowest BCUT2D eigenvalue weighted by Gasteiger charge is -2.16. The van der Waals surface area contributed by atoms with Crippen LogP contribution in [-0.2, 0) is 23.6 Å². The third kappa shape index (κ3) is 3.00. The van der Waals surface area contributed by atoms with Gasteiger partial charge in [0.1, 0.15) is 0 Å². The molecule has 0 unspecified atom stereocenters. The van der Waals surface area contributed by atoms with Crippen LogP contribution in [0.25, 0.3) is 0 Å². The fourth-order valence-corrected chi connectivity index (χ4v) is 3.15. The highest BCUT2D eigenvalue weighted by Crippen LogP contribution is 2.21. The standard InChI is InChI=1S/C13H16N4O4S/c1-10-11(8-14-16(10)3)9-15(2)22(20,21)13-6-4-5-12(7-13)17(18)19/h4-8H,9H2,1-3H3. The van der Waals surface area contributed by atoms with E-state index in [1.165, 1.54) is 25.2 Å². The van der Waals surface area contributed by atoms with Crippen LogP contribution in [0.1, 0.15) is 11.3 Å². The molecule has 0 spiro atoms. The zero-order valence-electron chi connectivity index (χ0n) is 12.4. The van der Waals surface area contributed by atoms with Crippen molar-refractivity contribution in [2.45, 2.75) is 18.4 Å². The van der Waals surface area contributed by atoms with E-state index >= 15 is 0 Å². The second-order valence-corrected chi connectivity index (χ2v) is 6.94. The van der Waals surface area contributed by atoms with Gasteiger partial charge in [-0.2, -0.15) is 9.40 Å². The maximum Gasteiger partial charge on any atom is 0.270 e. The Morgan fingerprint density at radius 3 is 2.64 bits per heavy atom. The summed E-state index contributed by atoms with van der Waals surface area (Å²) in [7, 11) is -0.606. The molecule has 0 aliphatic rings. The maximum absolute atomic E-state index is 12.5. The van der Waals surface area contributed by atoms with E-state index in [0.29, 0.717) is 0 Å². The Bertz CT molecular complexity index is 813. The first-order valence-electron chi connectivity index (χ1n) is 6.41. The number of benzene rings is 1. The third-order valence-corrected chi connectivity index (χ3v) is 5.27. The lowest BCUT2D eigenvalue weighted by atomic mass is 10.3. The molecule has 0 N–H and O–H groups in total. The first-order chi connectivity index (χ1) is 10.2. The van der Waals surface area contributed by atoms with E-state index in [1.54, 1.807) is 17.9 Å². The van der Waals surface area contributed by atoms with Gasteiger partial charge in [0.15, 0.2) is 0 Å². The van der Waals surface area contributed by atoms with E-state index < -0.39 is 14.9 Å². The molecular formula is C13H16N4O4S. The second-order valence-electron chi connectivity index (χ2n) is 4.89. The van der Waals surface area contributed by atoms with Crippen LogP contribution in [0.4, 0.5) is 5.69 Å². The topological polar surface area (TPSA) is 98.3 Å². The highest BCUT2D eigenvalue weighted by molar-refractivity contribution is 7.89. The number of aromatic nitrogens is 2. The second kappa shape index (κ2) is 5.85. The van der Waals surface area contributed by atoms with Crippen molar-refractivity contribution in [1.29, 1.82) is 0 Å². The third-order valence-electron chi connectivity index (χ3n) is 3.47. The Balaban J connectivity index is 2.31. The molecule has 0 saturated carbocycles. The Morgan fingerprint density at radius 2 is 2.09 bits per heavy atom. The molecule has 0 amide bonds. The molecule has 0 bridgehead atoms. The fraction of sp³-hybridized carbons (Fsp3) is 0.308. The van der Waals surface area contributed by atoms with Crippen LogP contribution >= 0.6 is 0 Å². The molecule has 0 saturated heterocycles. The number of hydrogen-bond donors (Lipinski definition) is 0. The number of aryl methyl sites for hydroxylation is 1. The molecule has 0 fully saturated rings. The van der Waals surface area contributed by atoms with Crippen molar-refractivity contribution in [2.75, 3.05) is 7.05 Å². The fourth-order valence-electron chi connectivity index (χ4n) is 1.96. The molecule has 0 aliphatic carbocycles. The van der Waals surface area contributed by atoms with Gasteiger partial charge in [0.2, 0.25) is 10.0 Å². The van der Waals surface area contributed by atoms with Crippen LogP contribution in [0.5, 0.6) is 0 Å². The molecule has 1 aromatic heterocycles. The number of nitrogens with zero attached hydrogens (tertiary/aromatic N) is 4. The minimum Gasteiger partial charge on any atom is -0.273 e. The van der Waals surface area contributed by atoms with E-state index in [0.717, 1.165) is 21.6 Å². The smallest absolute Gasteiger partial charge is 0.270 e. The van der Waals surface area contributed by atoms with Gasteiger partial charge in [-0.3, -0.25) is 14.8 Å². The molecule has 1 heterocycles. The molecule has 0 atom stereocenters. The Kier molecular flexibility index (Phi) is 4.29. The van der Waals surface area contributed by atoms with Crippen molar-refractivity contribution >= 4 is 15.7 Å². The number of rotatable bonds is 5. The number of sulfonamides is 1. The number of nitro groups is 1. The summed E-state index contributed by atoms with van der Waals surface area (Å²) in [5.74, 6) is 0. The van der Waals surface area contributed by atoms with Crippen molar-refractivity contribution in [1.82, 2.24) is 14.1 Å². The van der Waals surface area contributed by atoms with Gasteiger partial charge in [-0.25, -0.2) is 8.42 Å². The molecule has 2 rings (SSSR count). The number of nitro benzene ring substituents is 1. The molecule has 8 nitrogen and oxygen atoms in total. The Labute approximate surface area is 128 Å². The summed E-state index contributed by atoms with van der Waals surface area (Å²) >= 11 is 0. The van der Waals surface area contributed by atoms with Crippen molar-refractivity contribution in [3.8, 4) is 0 Å². The lowest BCUT2D eigenvalue weighted by molar-refractivity contribution is -0.385. The van der Waals surface area contributed by atoms with Crippen LogP contribution < -0.4 is 0 Å². The first kappa shape index (κ1) is 16.1. The maximum atomic E-state index is 12.5. The average molecular weight is 324 g/mol. The van der Waals surface area contributed by atoms with Gasteiger partial charge in [-0.05, 0) is 13.0 Å². The van der Waals surface area contributed by atoms with E-state index in [-0.39, 0.29) is 17.1 Å². The zero-order chi connectivity index (χ0) is 16.5. The highest BCUT2D eigenvalue weighted by Gasteiger charge is 2.24. The summed E-state index contributed by atoms with van der Waals surface area (Å²) in [5, 5.41) is 14.8. The highest BCUT2D eigenvalue weighted by atomic mass is 32.2. The van der Waals surface area contributed by atoms with Gasteiger partial charge in [0.05, 0.1) is 16.0 Å². The van der Waals surface area contributed by atoms with E-state index in [9.17, 15) is 18.5 Å². The van der Waals surface area contributed by atoms with Crippen molar-refractivity contribution < 1.29 is 13.3 Å². The quantitative estimate of drug-likeness (QED) is 0.612. The summed E-state index contributed by atoms with van der Waals surface area (Å²) in [6.07, 6.45) is 1.61. The van der Waals surface area contributed by atoms with Gasteiger partial charge in [0, 0.05) is 44.0 Å². The molecule has 22 heavy (non-hydrogen) atoms. The first-order valence-corrected chi connectivity index (χ1v) is 7.85. The Hall–Kier alpha value is -2.26. The largest absolute Gasteiger partial charge is 0.273 e. The molecule has 0 radical (unpaired) electrons. The van der Waals surface area contributed by atoms with Crippen LogP contribution in [0.2, 0.25) is 0 Å². The van der Waals surface area contributed by atoms with Gasteiger partial charge in [-0.1, -0.05) is 6.07 Å². The van der Waals surface area contributed by atoms with Gasteiger partial charge in [0.25, 0.3) is 5.69 Å². The van der Waals surface area contributed by atoms with E-state index in [4.69, 9.17) is 0 Å². The van der Waals surface area contributed by atoms with Crippen LogP contribution in [0, 0.1) is 17.0 Å². The molecular weight excluding hydrogens is 308 g/mol. The van der Waals surface area contributed by atoms with Gasteiger partial charge in [-0.15, -0.1) is 0 Å². The lowest BCUT2D eigenvalue weighted by Crippen LogP contribution is -2.26. The summed E-state index contributed by atoms with van der Waals surface area (Å²) in [6, 6.07) is 5.01. The summed E-state index contributed by atoms with van der Waals surface area (Å²) < 4.78 is 27.8. The summed E-state index contributed by atoms with van der Waals surface area (Å²) in [5.41, 5.74) is 1.38. The van der Waals surface area contributed by atoms with Crippen LogP contribution in [0.3, 0.4) is 0 Å². The molecule has 9 heteroatoms. The van der Waals surface area contributed by atoms with Crippen LogP contribution in [-0.4, -0.2) is 34.5 Å². The van der Waals surface area contributed by atoms with Gasteiger partial charge < -0.3 is 0 Å². The van der Waals surface area contributed by atoms with E-state index in [1.807, 2.05) is 6.92 Å². The zero-order valence-corrected chi connectivity index (χ0v) is 13.2. The van der Waals surface area contributed by atoms with E-state index in [2.05, 4.69) is 5.10 Å². The van der Waals surface area contributed by atoms with Crippen molar-refractivity contribution in [3.05, 3.63) is 51.8 Å². The normalized spacial score (nSPS) is 11.8. The average Bonchev–Trinajstić information content (AvgIpc) is 2.79. The SMILES string of the molecule is Cc1c(CN(C)S(=O)(=O)c2cccc([N+](=O)[O-])c2)cnn1C. The van der Waals surface area contributed by atoms with Crippen molar-refractivity contribution in [3.63, 3.8) is 0 Å². The number of hydrogen-bond acceptors (Lipinski definition) is 5. The summed E-state index contributed by atoms with van der Waals surface area (Å²) in [6.45, 7) is 1.99. The minimum absolute atomic E-state index is 0.106. The van der Waals surface area contributed by atoms with Crippen LogP contribution in [0.15, 0.2) is 35.4 Å². The van der Waals surface area contributed by atoms with Gasteiger partial charge >= 0.3 is 0 Å². The predicted octanol–water partition coefficient (Wildman–Crippen LogP) is 1.46. The number of non-ortho nitro benzene ring substituents is 1. The predicted molar refractivity (Wildman–Crippen MR) is 79.7 cm³/mol. The minimum atomic E-state index is -3.81. The molecule has 2 aromatic rings. The molecule has 1 aromatic carbocycles. The summed E-state index contributed by atoms with van der Waals surface area (Å²) in [4.78, 5) is 10.0. The van der Waals surface area contributed by atoms with Crippen molar-refractivity contribution in [2.24, 2.45) is 7.05 Å².